The number of carboxylic acid groups (broad SMARTS) is 1. The standard InChI is InChI=1S/C14H17ClN2O4/c15-11-5-3-6-12(14(11)17(20)21)16-9-2-1-4-10(16)7-8-13(18)19/h3,5-6,10H,1-2,4,7-9H2,(H,18,19). The fraction of sp³-hybridized carbons (Fsp3) is 0.500. The second kappa shape index (κ2) is 6.76. The SMILES string of the molecule is O=C(O)CCC1CCCCN1c1cccc(Cl)c1[N+](=O)[O-]. The van der Waals surface area contributed by atoms with Crippen molar-refractivity contribution in [1.82, 2.24) is 0 Å². The van der Waals surface area contributed by atoms with E-state index in [9.17, 15) is 14.9 Å². The van der Waals surface area contributed by atoms with E-state index in [0.717, 1.165) is 19.3 Å². The molecule has 1 unspecified atom stereocenters. The van der Waals surface area contributed by atoms with E-state index in [0.29, 0.717) is 18.7 Å². The summed E-state index contributed by atoms with van der Waals surface area (Å²) in [6.07, 6.45) is 3.34. The van der Waals surface area contributed by atoms with E-state index >= 15 is 0 Å². The first kappa shape index (κ1) is 15.6. The Labute approximate surface area is 127 Å². The summed E-state index contributed by atoms with van der Waals surface area (Å²) in [5, 5.41) is 20.2. The van der Waals surface area contributed by atoms with E-state index in [1.807, 2.05) is 4.90 Å². The molecule has 0 radical (unpaired) electrons. The third kappa shape index (κ3) is 3.64. The maximum absolute atomic E-state index is 11.3. The van der Waals surface area contributed by atoms with Gasteiger partial charge in [-0.3, -0.25) is 14.9 Å². The van der Waals surface area contributed by atoms with E-state index in [2.05, 4.69) is 0 Å². The molecule has 1 heterocycles. The van der Waals surface area contributed by atoms with Gasteiger partial charge in [0.15, 0.2) is 0 Å². The number of carbonyl (C=O) groups is 1. The van der Waals surface area contributed by atoms with Crippen molar-refractivity contribution in [3.8, 4) is 0 Å². The number of nitro benzene ring substituents is 1. The first-order chi connectivity index (χ1) is 10.0. The fourth-order valence-electron chi connectivity index (χ4n) is 2.82. The van der Waals surface area contributed by atoms with Crippen LogP contribution in [0.4, 0.5) is 11.4 Å². The number of benzene rings is 1. The van der Waals surface area contributed by atoms with Crippen molar-refractivity contribution in [3.63, 3.8) is 0 Å². The van der Waals surface area contributed by atoms with Crippen LogP contribution in [-0.4, -0.2) is 28.6 Å². The molecular formula is C14H17ClN2O4. The highest BCUT2D eigenvalue weighted by atomic mass is 35.5. The predicted molar refractivity (Wildman–Crippen MR) is 80.0 cm³/mol. The minimum absolute atomic E-state index is 0.00650. The Morgan fingerprint density at radius 3 is 2.90 bits per heavy atom. The fourth-order valence-corrected chi connectivity index (χ4v) is 3.06. The van der Waals surface area contributed by atoms with Crippen LogP contribution in [0.2, 0.25) is 5.02 Å². The maximum Gasteiger partial charge on any atom is 0.310 e. The molecule has 0 amide bonds. The Bertz CT molecular complexity index is 550. The normalized spacial score (nSPS) is 18.5. The highest BCUT2D eigenvalue weighted by Crippen LogP contribution is 2.38. The number of hydrogen-bond acceptors (Lipinski definition) is 4. The van der Waals surface area contributed by atoms with Crippen LogP contribution in [-0.2, 0) is 4.79 Å². The number of para-hydroxylation sites is 1. The van der Waals surface area contributed by atoms with Gasteiger partial charge >= 0.3 is 11.7 Å². The molecule has 0 saturated carbocycles. The molecule has 0 spiro atoms. The van der Waals surface area contributed by atoms with Gasteiger partial charge in [-0.2, -0.15) is 0 Å². The van der Waals surface area contributed by atoms with Gasteiger partial charge in [0.2, 0.25) is 0 Å². The van der Waals surface area contributed by atoms with E-state index < -0.39 is 10.9 Å². The number of aliphatic carboxylic acids is 1. The van der Waals surface area contributed by atoms with Gasteiger partial charge < -0.3 is 10.0 Å². The average molecular weight is 313 g/mol. The molecular weight excluding hydrogens is 296 g/mol. The summed E-state index contributed by atoms with van der Waals surface area (Å²) in [6.45, 7) is 0.686. The Morgan fingerprint density at radius 1 is 1.48 bits per heavy atom. The van der Waals surface area contributed by atoms with E-state index in [1.54, 1.807) is 12.1 Å². The number of nitrogens with zero attached hydrogens (tertiary/aromatic N) is 2. The van der Waals surface area contributed by atoms with Crippen molar-refractivity contribution < 1.29 is 14.8 Å². The van der Waals surface area contributed by atoms with Crippen LogP contribution in [0.25, 0.3) is 0 Å². The second-order valence-electron chi connectivity index (χ2n) is 5.14. The lowest BCUT2D eigenvalue weighted by Crippen LogP contribution is -2.40. The van der Waals surface area contributed by atoms with Crippen LogP contribution in [0.1, 0.15) is 32.1 Å². The van der Waals surface area contributed by atoms with Crippen molar-refractivity contribution in [1.29, 1.82) is 0 Å². The molecule has 7 heteroatoms. The highest BCUT2D eigenvalue weighted by molar-refractivity contribution is 6.33. The van der Waals surface area contributed by atoms with E-state index in [-0.39, 0.29) is 23.2 Å². The summed E-state index contributed by atoms with van der Waals surface area (Å²) in [7, 11) is 0. The molecule has 6 nitrogen and oxygen atoms in total. The van der Waals surface area contributed by atoms with Gasteiger partial charge in [-0.15, -0.1) is 0 Å². The molecule has 1 atom stereocenters. The molecule has 2 rings (SSSR count). The number of halogens is 1. The predicted octanol–water partition coefficient (Wildman–Crippen LogP) is 3.47. The topological polar surface area (TPSA) is 83.7 Å². The Kier molecular flexibility index (Phi) is 5.01. The smallest absolute Gasteiger partial charge is 0.310 e. The van der Waals surface area contributed by atoms with Crippen LogP contribution < -0.4 is 4.90 Å². The quantitative estimate of drug-likeness (QED) is 0.664. The van der Waals surface area contributed by atoms with Crippen LogP contribution in [0.15, 0.2) is 18.2 Å². The highest BCUT2D eigenvalue weighted by Gasteiger charge is 2.29. The van der Waals surface area contributed by atoms with Gasteiger partial charge in [0.1, 0.15) is 10.7 Å². The van der Waals surface area contributed by atoms with Crippen molar-refractivity contribution in [2.45, 2.75) is 38.1 Å². The van der Waals surface area contributed by atoms with Crippen molar-refractivity contribution in [3.05, 3.63) is 33.3 Å². The number of piperidine rings is 1. The van der Waals surface area contributed by atoms with Crippen LogP contribution >= 0.6 is 11.6 Å². The van der Waals surface area contributed by atoms with Gasteiger partial charge in [-0.05, 0) is 37.8 Å². The summed E-state index contributed by atoms with van der Waals surface area (Å²) < 4.78 is 0. The second-order valence-corrected chi connectivity index (χ2v) is 5.55. The van der Waals surface area contributed by atoms with Gasteiger partial charge in [-0.1, -0.05) is 17.7 Å². The van der Waals surface area contributed by atoms with Crippen molar-refractivity contribution in [2.75, 3.05) is 11.4 Å². The third-order valence-corrected chi connectivity index (χ3v) is 4.08. The number of rotatable bonds is 5. The number of carboxylic acids is 1. The number of anilines is 1. The lowest BCUT2D eigenvalue weighted by molar-refractivity contribution is -0.384. The summed E-state index contributed by atoms with van der Waals surface area (Å²) in [4.78, 5) is 23.5. The molecule has 1 fully saturated rings. The van der Waals surface area contributed by atoms with Crippen LogP contribution in [0.5, 0.6) is 0 Å². The zero-order valence-electron chi connectivity index (χ0n) is 11.5. The zero-order chi connectivity index (χ0) is 15.4. The first-order valence-electron chi connectivity index (χ1n) is 6.92. The Morgan fingerprint density at radius 2 is 2.24 bits per heavy atom. The number of hydrogen-bond donors (Lipinski definition) is 1. The van der Waals surface area contributed by atoms with E-state index in [1.165, 1.54) is 6.07 Å². The molecule has 0 aliphatic carbocycles. The van der Waals surface area contributed by atoms with Gasteiger partial charge in [-0.25, -0.2) is 0 Å². The first-order valence-corrected chi connectivity index (χ1v) is 7.30. The lowest BCUT2D eigenvalue weighted by Gasteiger charge is -2.37. The molecule has 1 N–H and O–H groups in total. The maximum atomic E-state index is 11.3. The lowest BCUT2D eigenvalue weighted by atomic mass is 9.97. The molecule has 21 heavy (non-hydrogen) atoms. The monoisotopic (exact) mass is 312 g/mol. The number of nitro groups is 1. The van der Waals surface area contributed by atoms with E-state index in [4.69, 9.17) is 16.7 Å². The summed E-state index contributed by atoms with van der Waals surface area (Å²) >= 11 is 5.96. The molecule has 114 valence electrons. The summed E-state index contributed by atoms with van der Waals surface area (Å²) in [5.74, 6) is -0.846. The molecule has 1 aliphatic rings. The minimum Gasteiger partial charge on any atom is -0.481 e. The Hall–Kier alpha value is -1.82. The molecule has 1 aromatic rings. The van der Waals surface area contributed by atoms with Crippen LogP contribution in [0.3, 0.4) is 0 Å². The third-order valence-electron chi connectivity index (χ3n) is 3.78. The van der Waals surface area contributed by atoms with Gasteiger partial charge in [0, 0.05) is 19.0 Å². The summed E-state index contributed by atoms with van der Waals surface area (Å²) in [5.41, 5.74) is 0.393. The van der Waals surface area contributed by atoms with Crippen LogP contribution in [0, 0.1) is 10.1 Å². The molecule has 1 saturated heterocycles. The zero-order valence-corrected chi connectivity index (χ0v) is 12.3. The Balaban J connectivity index is 2.31. The van der Waals surface area contributed by atoms with Gasteiger partial charge in [0.25, 0.3) is 0 Å². The molecule has 1 aromatic carbocycles. The summed E-state index contributed by atoms with van der Waals surface area (Å²) in [6, 6.07) is 4.88. The van der Waals surface area contributed by atoms with Gasteiger partial charge in [0.05, 0.1) is 4.92 Å². The molecule has 1 aliphatic heterocycles. The molecule has 0 bridgehead atoms. The largest absolute Gasteiger partial charge is 0.481 e. The average Bonchev–Trinajstić information content (AvgIpc) is 2.44. The van der Waals surface area contributed by atoms with Crippen molar-refractivity contribution in [2.24, 2.45) is 0 Å². The minimum atomic E-state index is -0.846. The molecule has 0 aromatic heterocycles. The van der Waals surface area contributed by atoms with Crippen molar-refractivity contribution >= 4 is 28.9 Å².